The van der Waals surface area contributed by atoms with Crippen LogP contribution in [0.3, 0.4) is 0 Å². The van der Waals surface area contributed by atoms with E-state index < -0.39 is 0 Å². The summed E-state index contributed by atoms with van der Waals surface area (Å²) in [6, 6.07) is 14.6. The molecule has 7 nitrogen and oxygen atoms in total. The van der Waals surface area contributed by atoms with Crippen LogP contribution in [-0.4, -0.2) is 38.3 Å². The number of aryl methyl sites for hydroxylation is 2. The Morgan fingerprint density at radius 2 is 1.86 bits per heavy atom. The Labute approximate surface area is 172 Å². The van der Waals surface area contributed by atoms with Crippen molar-refractivity contribution in [1.82, 2.24) is 30.7 Å². The van der Waals surface area contributed by atoms with E-state index in [0.29, 0.717) is 5.01 Å². The molecule has 1 amide bonds. The molecule has 4 rings (SSSR count). The van der Waals surface area contributed by atoms with Gasteiger partial charge >= 0.3 is 0 Å². The van der Waals surface area contributed by atoms with Crippen LogP contribution < -0.4 is 5.32 Å². The lowest BCUT2D eigenvalue weighted by molar-refractivity contribution is 0.0962. The predicted octanol–water partition coefficient (Wildman–Crippen LogP) is 3.33. The summed E-state index contributed by atoms with van der Waals surface area (Å²) < 4.78 is 0. The van der Waals surface area contributed by atoms with Crippen molar-refractivity contribution in [3.05, 3.63) is 69.4 Å². The molecule has 0 aliphatic carbocycles. The number of amides is 1. The maximum atomic E-state index is 11.5. The van der Waals surface area contributed by atoms with Crippen LogP contribution in [0.2, 0.25) is 0 Å². The molecule has 0 aliphatic rings. The number of fused-ring (bicyclic) bond motifs is 1. The maximum absolute atomic E-state index is 11.5. The molecule has 4 aromatic rings. The molecule has 3 heterocycles. The summed E-state index contributed by atoms with van der Waals surface area (Å²) in [5.74, 6) is -0.185. The van der Waals surface area contributed by atoms with Crippen molar-refractivity contribution in [1.29, 1.82) is 0 Å². The second-order valence-electron chi connectivity index (χ2n) is 6.88. The minimum absolute atomic E-state index is 0.185. The van der Waals surface area contributed by atoms with Crippen molar-refractivity contribution < 1.29 is 4.79 Å². The monoisotopic (exact) mass is 406 g/mol. The molecule has 29 heavy (non-hydrogen) atoms. The molecular weight excluding hydrogens is 384 g/mol. The first-order chi connectivity index (χ1) is 14.2. The molecule has 0 aliphatic heterocycles. The highest BCUT2D eigenvalue weighted by Crippen LogP contribution is 2.18. The third kappa shape index (κ3) is 4.83. The molecule has 148 valence electrons. The molecule has 2 N–H and O–H groups in total. The van der Waals surface area contributed by atoms with Gasteiger partial charge in [0, 0.05) is 31.0 Å². The standard InChI is InChI=1S/C21H22N6OS/c1-22-20(28)21-27-25-18(29-21)10-6-5-9-16-12-15-13-17(23-19(15)26-24-16)11-14-7-3-2-4-8-14/h2-4,7-8,12-13H,5-6,9-11H2,1H3,(H,22,28)(H,23,26). The number of H-pyrrole nitrogens is 1. The van der Waals surface area contributed by atoms with Gasteiger partial charge in [0.15, 0.2) is 5.65 Å². The molecule has 1 aromatic carbocycles. The minimum Gasteiger partial charge on any atom is -0.353 e. The summed E-state index contributed by atoms with van der Waals surface area (Å²) in [6.45, 7) is 0. The number of aromatic amines is 1. The van der Waals surface area contributed by atoms with Crippen LogP contribution in [-0.2, 0) is 19.3 Å². The fourth-order valence-corrected chi connectivity index (χ4v) is 4.03. The zero-order valence-corrected chi connectivity index (χ0v) is 17.0. The van der Waals surface area contributed by atoms with Gasteiger partial charge in [-0.1, -0.05) is 41.7 Å². The minimum atomic E-state index is -0.185. The Kier molecular flexibility index (Phi) is 5.90. The van der Waals surface area contributed by atoms with Gasteiger partial charge in [-0.2, -0.15) is 5.10 Å². The first-order valence-corrected chi connectivity index (χ1v) is 10.5. The van der Waals surface area contributed by atoms with Crippen LogP contribution >= 0.6 is 11.3 Å². The molecule has 0 saturated carbocycles. The van der Waals surface area contributed by atoms with Gasteiger partial charge in [0.25, 0.3) is 5.91 Å². The number of nitrogens with zero attached hydrogens (tertiary/aromatic N) is 4. The van der Waals surface area contributed by atoms with E-state index in [1.165, 1.54) is 16.9 Å². The number of benzene rings is 1. The molecule has 0 unspecified atom stereocenters. The number of carbonyl (C=O) groups excluding carboxylic acids is 1. The van der Waals surface area contributed by atoms with E-state index in [1.807, 2.05) is 6.07 Å². The van der Waals surface area contributed by atoms with Crippen LogP contribution in [0.25, 0.3) is 11.0 Å². The van der Waals surface area contributed by atoms with E-state index in [9.17, 15) is 4.79 Å². The van der Waals surface area contributed by atoms with Crippen molar-refractivity contribution in [3.63, 3.8) is 0 Å². The summed E-state index contributed by atoms with van der Waals surface area (Å²) >= 11 is 1.35. The lowest BCUT2D eigenvalue weighted by atomic mass is 10.1. The fourth-order valence-electron chi connectivity index (χ4n) is 3.20. The Morgan fingerprint density at radius 1 is 1.03 bits per heavy atom. The third-order valence-electron chi connectivity index (χ3n) is 4.68. The highest BCUT2D eigenvalue weighted by atomic mass is 32.1. The molecular formula is C21H22N6OS. The lowest BCUT2D eigenvalue weighted by Crippen LogP contribution is -2.17. The summed E-state index contributed by atoms with van der Waals surface area (Å²) in [6.07, 6.45) is 4.48. The second kappa shape index (κ2) is 8.91. The third-order valence-corrected chi connectivity index (χ3v) is 5.66. The SMILES string of the molecule is CNC(=O)c1nnc(CCCCc2cc3cc(Cc4ccccc4)[nH]c3nn2)s1. The van der Waals surface area contributed by atoms with E-state index in [2.05, 4.69) is 67.1 Å². The molecule has 0 bridgehead atoms. The van der Waals surface area contributed by atoms with Gasteiger partial charge in [0.2, 0.25) is 5.01 Å². The zero-order valence-electron chi connectivity index (χ0n) is 16.2. The van der Waals surface area contributed by atoms with Gasteiger partial charge in [0.05, 0.1) is 5.69 Å². The molecule has 0 spiro atoms. The first kappa shape index (κ1) is 19.2. The van der Waals surface area contributed by atoms with E-state index in [-0.39, 0.29) is 5.91 Å². The van der Waals surface area contributed by atoms with Gasteiger partial charge < -0.3 is 10.3 Å². The van der Waals surface area contributed by atoms with E-state index in [0.717, 1.165) is 59.5 Å². The number of aromatic nitrogens is 5. The maximum Gasteiger partial charge on any atom is 0.282 e. The van der Waals surface area contributed by atoms with Gasteiger partial charge in [-0.15, -0.1) is 15.3 Å². The average molecular weight is 407 g/mol. The topological polar surface area (TPSA) is 96.5 Å². The number of hydrogen-bond acceptors (Lipinski definition) is 6. The summed E-state index contributed by atoms with van der Waals surface area (Å²) in [5, 5.41) is 21.7. The summed E-state index contributed by atoms with van der Waals surface area (Å²) in [7, 11) is 1.59. The van der Waals surface area contributed by atoms with Crippen molar-refractivity contribution in [2.75, 3.05) is 7.05 Å². The van der Waals surface area contributed by atoms with Crippen molar-refractivity contribution in [2.24, 2.45) is 0 Å². The molecule has 0 saturated heterocycles. The molecule has 0 atom stereocenters. The van der Waals surface area contributed by atoms with Crippen molar-refractivity contribution in [3.8, 4) is 0 Å². The van der Waals surface area contributed by atoms with Crippen LogP contribution in [0.15, 0.2) is 42.5 Å². The smallest absolute Gasteiger partial charge is 0.282 e. The van der Waals surface area contributed by atoms with Crippen molar-refractivity contribution >= 4 is 28.3 Å². The Morgan fingerprint density at radius 3 is 2.69 bits per heavy atom. The van der Waals surface area contributed by atoms with Crippen LogP contribution in [0.5, 0.6) is 0 Å². The predicted molar refractivity (Wildman–Crippen MR) is 113 cm³/mol. The summed E-state index contributed by atoms with van der Waals surface area (Å²) in [4.78, 5) is 14.9. The number of rotatable bonds is 8. The molecule has 8 heteroatoms. The van der Waals surface area contributed by atoms with E-state index in [1.54, 1.807) is 7.05 Å². The number of unbranched alkanes of at least 4 members (excludes halogenated alkanes) is 1. The normalized spacial score (nSPS) is 11.1. The number of hydrogen-bond donors (Lipinski definition) is 2. The van der Waals surface area contributed by atoms with Gasteiger partial charge in [-0.3, -0.25) is 4.79 Å². The lowest BCUT2D eigenvalue weighted by Gasteiger charge is -1.99. The van der Waals surface area contributed by atoms with E-state index in [4.69, 9.17) is 0 Å². The van der Waals surface area contributed by atoms with E-state index >= 15 is 0 Å². The van der Waals surface area contributed by atoms with Crippen LogP contribution in [0, 0.1) is 0 Å². The Bertz CT molecular complexity index is 1100. The summed E-state index contributed by atoms with van der Waals surface area (Å²) in [5.41, 5.74) is 4.23. The largest absolute Gasteiger partial charge is 0.353 e. The fraction of sp³-hybridized carbons (Fsp3) is 0.286. The van der Waals surface area contributed by atoms with Crippen molar-refractivity contribution in [2.45, 2.75) is 32.1 Å². The van der Waals surface area contributed by atoms with Gasteiger partial charge in [-0.05, 0) is 37.0 Å². The van der Waals surface area contributed by atoms with Gasteiger partial charge in [0.1, 0.15) is 5.01 Å². The Hall–Kier alpha value is -3.13. The molecule has 0 fully saturated rings. The molecule has 3 aromatic heterocycles. The average Bonchev–Trinajstić information content (AvgIpc) is 3.37. The quantitative estimate of drug-likeness (QED) is 0.438. The van der Waals surface area contributed by atoms with Crippen LogP contribution in [0.1, 0.15) is 44.6 Å². The first-order valence-electron chi connectivity index (χ1n) is 9.64. The van der Waals surface area contributed by atoms with Gasteiger partial charge in [-0.25, -0.2) is 0 Å². The number of nitrogens with one attached hydrogen (secondary N) is 2. The Balaban J connectivity index is 1.31. The van der Waals surface area contributed by atoms with Crippen LogP contribution in [0.4, 0.5) is 0 Å². The zero-order chi connectivity index (χ0) is 20.1. The number of carbonyl (C=O) groups is 1. The molecule has 0 radical (unpaired) electrons. The highest BCUT2D eigenvalue weighted by molar-refractivity contribution is 7.13. The highest BCUT2D eigenvalue weighted by Gasteiger charge is 2.11. The second-order valence-corrected chi connectivity index (χ2v) is 7.95.